The summed E-state index contributed by atoms with van der Waals surface area (Å²) < 4.78 is 24.2. The molecule has 0 unspecified atom stereocenters. The van der Waals surface area contributed by atoms with Crippen molar-refractivity contribution in [2.24, 2.45) is 11.8 Å². The maximum Gasteiger partial charge on any atom is 0.319 e. The molecule has 1 aliphatic carbocycles. The molecule has 0 radical (unpaired) electrons. The number of likely N-dealkylation sites (tertiary alicyclic amines) is 1. The van der Waals surface area contributed by atoms with Crippen LogP contribution in [0.2, 0.25) is 5.02 Å². The van der Waals surface area contributed by atoms with E-state index in [0.717, 1.165) is 18.5 Å². The number of halogens is 2. The van der Waals surface area contributed by atoms with E-state index in [1.165, 1.54) is 20.3 Å². The summed E-state index contributed by atoms with van der Waals surface area (Å²) in [4.78, 5) is 10.7. The van der Waals surface area contributed by atoms with Crippen LogP contribution in [0.4, 0.5) is 4.39 Å². The highest BCUT2D eigenvalue weighted by molar-refractivity contribution is 6.30. The standard InChI is InChI=1S/C20H23ClFN3O3/c1-27-18-14(8-23-19(24-18)28-2)20(26)6-5-13-10-25(11-15(13)20)9-12-3-4-16(21)17(22)7-12/h3-4,7-8,13,15,26H,5-6,9-11H2,1-2H3/t13-,15+,20+/m0/s1. The van der Waals surface area contributed by atoms with Crippen LogP contribution in [0, 0.1) is 17.7 Å². The molecule has 0 bridgehead atoms. The summed E-state index contributed by atoms with van der Waals surface area (Å²) >= 11 is 5.78. The predicted molar refractivity (Wildman–Crippen MR) is 102 cm³/mol. The zero-order valence-electron chi connectivity index (χ0n) is 15.9. The van der Waals surface area contributed by atoms with Gasteiger partial charge in [-0.1, -0.05) is 17.7 Å². The van der Waals surface area contributed by atoms with Crippen LogP contribution in [0.25, 0.3) is 0 Å². The molecule has 6 nitrogen and oxygen atoms in total. The Morgan fingerprint density at radius 2 is 2.14 bits per heavy atom. The Bertz CT molecular complexity index is 884. The van der Waals surface area contributed by atoms with Gasteiger partial charge in [0.2, 0.25) is 5.88 Å². The molecule has 2 aromatic rings. The number of aliphatic hydroxyl groups is 1. The lowest BCUT2D eigenvalue weighted by Crippen LogP contribution is -2.35. The van der Waals surface area contributed by atoms with E-state index in [1.54, 1.807) is 12.3 Å². The van der Waals surface area contributed by atoms with Gasteiger partial charge in [-0.3, -0.25) is 4.90 Å². The van der Waals surface area contributed by atoms with Gasteiger partial charge in [-0.05, 0) is 36.5 Å². The summed E-state index contributed by atoms with van der Waals surface area (Å²) in [5.41, 5.74) is 0.418. The zero-order chi connectivity index (χ0) is 19.9. The van der Waals surface area contributed by atoms with Crippen LogP contribution in [0.15, 0.2) is 24.4 Å². The molecule has 1 aromatic heterocycles. The normalized spacial score (nSPS) is 27.0. The topological polar surface area (TPSA) is 67.7 Å². The molecular formula is C20H23ClFN3O3. The van der Waals surface area contributed by atoms with Gasteiger partial charge in [0.25, 0.3) is 0 Å². The van der Waals surface area contributed by atoms with Gasteiger partial charge in [-0.2, -0.15) is 4.98 Å². The third-order valence-corrected chi connectivity index (χ3v) is 6.30. The Kier molecular flexibility index (Phi) is 5.16. The lowest BCUT2D eigenvalue weighted by Gasteiger charge is -2.31. The number of hydrogen-bond donors (Lipinski definition) is 1. The molecule has 2 heterocycles. The lowest BCUT2D eigenvalue weighted by molar-refractivity contribution is -0.00972. The fourth-order valence-corrected chi connectivity index (χ4v) is 4.76. The number of rotatable bonds is 5. The van der Waals surface area contributed by atoms with Crippen LogP contribution in [-0.4, -0.2) is 47.3 Å². The minimum absolute atomic E-state index is 0.0375. The molecule has 8 heteroatoms. The van der Waals surface area contributed by atoms with E-state index in [1.807, 2.05) is 6.07 Å². The highest BCUT2D eigenvalue weighted by Gasteiger charge is 2.53. The fraction of sp³-hybridized carbons (Fsp3) is 0.500. The maximum atomic E-state index is 13.7. The quantitative estimate of drug-likeness (QED) is 0.821. The molecule has 150 valence electrons. The van der Waals surface area contributed by atoms with Crippen molar-refractivity contribution in [3.05, 3.63) is 46.4 Å². The van der Waals surface area contributed by atoms with Gasteiger partial charge in [0, 0.05) is 31.7 Å². The fourth-order valence-electron chi connectivity index (χ4n) is 4.65. The summed E-state index contributed by atoms with van der Waals surface area (Å²) in [5, 5.41) is 11.7. The molecule has 1 N–H and O–H groups in total. The molecule has 3 atom stereocenters. The number of nitrogens with zero attached hydrogens (tertiary/aromatic N) is 3. The van der Waals surface area contributed by atoms with E-state index in [2.05, 4.69) is 14.9 Å². The summed E-state index contributed by atoms with van der Waals surface area (Å²) in [6.07, 6.45) is 3.14. The van der Waals surface area contributed by atoms with Crippen molar-refractivity contribution in [2.75, 3.05) is 27.3 Å². The highest BCUT2D eigenvalue weighted by Crippen LogP contribution is 2.52. The second-order valence-corrected chi connectivity index (χ2v) is 7.96. The van der Waals surface area contributed by atoms with E-state index in [0.29, 0.717) is 36.9 Å². The van der Waals surface area contributed by atoms with Gasteiger partial charge in [0.05, 0.1) is 24.8 Å². The molecule has 2 aliphatic rings. The molecule has 0 spiro atoms. The second-order valence-electron chi connectivity index (χ2n) is 7.55. The average Bonchev–Trinajstić information content (AvgIpc) is 3.24. The summed E-state index contributed by atoms with van der Waals surface area (Å²) in [5.74, 6) is 0.327. The zero-order valence-corrected chi connectivity index (χ0v) is 16.6. The van der Waals surface area contributed by atoms with Crippen LogP contribution >= 0.6 is 11.6 Å². The molecule has 1 saturated heterocycles. The molecular weight excluding hydrogens is 385 g/mol. The van der Waals surface area contributed by atoms with Gasteiger partial charge in [-0.15, -0.1) is 0 Å². The molecule has 1 saturated carbocycles. The minimum Gasteiger partial charge on any atom is -0.481 e. The van der Waals surface area contributed by atoms with E-state index in [9.17, 15) is 9.50 Å². The van der Waals surface area contributed by atoms with Gasteiger partial charge in [0.15, 0.2) is 0 Å². The first-order valence-corrected chi connectivity index (χ1v) is 9.66. The number of benzene rings is 1. The van der Waals surface area contributed by atoms with Crippen LogP contribution < -0.4 is 9.47 Å². The van der Waals surface area contributed by atoms with Crippen molar-refractivity contribution in [3.8, 4) is 11.9 Å². The van der Waals surface area contributed by atoms with Crippen molar-refractivity contribution >= 4 is 11.6 Å². The molecule has 4 rings (SSSR count). The van der Waals surface area contributed by atoms with Gasteiger partial charge in [0.1, 0.15) is 11.4 Å². The predicted octanol–water partition coefficient (Wildman–Crippen LogP) is 3.02. The number of fused-ring (bicyclic) bond motifs is 1. The first-order chi connectivity index (χ1) is 13.4. The van der Waals surface area contributed by atoms with Crippen molar-refractivity contribution in [2.45, 2.75) is 25.0 Å². The van der Waals surface area contributed by atoms with Crippen molar-refractivity contribution < 1.29 is 19.0 Å². The molecule has 0 amide bonds. The number of hydrogen-bond acceptors (Lipinski definition) is 6. The Hall–Kier alpha value is -1.96. The van der Waals surface area contributed by atoms with Crippen LogP contribution in [0.5, 0.6) is 11.9 Å². The Morgan fingerprint density at radius 1 is 1.32 bits per heavy atom. The number of methoxy groups -OCH3 is 2. The minimum atomic E-state index is -1.05. The van der Waals surface area contributed by atoms with Gasteiger partial charge >= 0.3 is 6.01 Å². The lowest BCUT2D eigenvalue weighted by atomic mass is 9.83. The molecule has 1 aliphatic heterocycles. The summed E-state index contributed by atoms with van der Waals surface area (Å²) in [6, 6.07) is 5.10. The van der Waals surface area contributed by atoms with Crippen LogP contribution in [-0.2, 0) is 12.1 Å². The van der Waals surface area contributed by atoms with Gasteiger partial charge < -0.3 is 14.6 Å². The molecule has 28 heavy (non-hydrogen) atoms. The van der Waals surface area contributed by atoms with Crippen molar-refractivity contribution in [3.63, 3.8) is 0 Å². The second kappa shape index (κ2) is 7.46. The third kappa shape index (κ3) is 3.32. The smallest absolute Gasteiger partial charge is 0.319 e. The van der Waals surface area contributed by atoms with Gasteiger partial charge in [-0.25, -0.2) is 9.37 Å². The monoisotopic (exact) mass is 407 g/mol. The average molecular weight is 408 g/mol. The molecule has 2 fully saturated rings. The third-order valence-electron chi connectivity index (χ3n) is 5.99. The SMILES string of the molecule is COc1ncc([C@]2(O)CC[C@H]3CN(Cc4ccc(Cl)c(F)c4)C[C@H]32)c(OC)n1. The largest absolute Gasteiger partial charge is 0.481 e. The maximum absolute atomic E-state index is 13.7. The van der Waals surface area contributed by atoms with E-state index in [4.69, 9.17) is 21.1 Å². The Balaban J connectivity index is 1.55. The first-order valence-electron chi connectivity index (χ1n) is 9.28. The summed E-state index contributed by atoms with van der Waals surface area (Å²) in [6.45, 7) is 2.19. The number of aromatic nitrogens is 2. The summed E-state index contributed by atoms with van der Waals surface area (Å²) in [7, 11) is 3.01. The van der Waals surface area contributed by atoms with E-state index in [-0.39, 0.29) is 17.0 Å². The Morgan fingerprint density at radius 3 is 2.86 bits per heavy atom. The van der Waals surface area contributed by atoms with E-state index >= 15 is 0 Å². The molecule has 1 aromatic carbocycles. The van der Waals surface area contributed by atoms with Crippen molar-refractivity contribution in [1.29, 1.82) is 0 Å². The first kappa shape index (κ1) is 19.4. The highest BCUT2D eigenvalue weighted by atomic mass is 35.5. The van der Waals surface area contributed by atoms with Crippen LogP contribution in [0.3, 0.4) is 0 Å². The Labute approximate surface area is 168 Å². The van der Waals surface area contributed by atoms with Crippen LogP contribution in [0.1, 0.15) is 24.0 Å². The van der Waals surface area contributed by atoms with Crippen molar-refractivity contribution in [1.82, 2.24) is 14.9 Å². The number of ether oxygens (including phenoxy) is 2. The van der Waals surface area contributed by atoms with E-state index < -0.39 is 11.4 Å².